The van der Waals surface area contributed by atoms with E-state index >= 15 is 0 Å². The van der Waals surface area contributed by atoms with Gasteiger partial charge in [-0.2, -0.15) is 0 Å². The number of anilines is 2. The zero-order chi connectivity index (χ0) is 25.1. The third-order valence-electron chi connectivity index (χ3n) is 5.74. The number of carbonyl (C=O) groups is 1. The van der Waals surface area contributed by atoms with Gasteiger partial charge in [0.1, 0.15) is 22.7 Å². The minimum absolute atomic E-state index is 0.180. The number of para-hydroxylation sites is 1. The molecule has 1 amide bonds. The lowest BCUT2D eigenvalue weighted by Gasteiger charge is -2.14. The average molecular weight is 484 g/mol. The van der Waals surface area contributed by atoms with Gasteiger partial charge in [0.25, 0.3) is 11.5 Å². The largest absolute Gasteiger partial charge is 0.387 e. The van der Waals surface area contributed by atoms with E-state index in [1.54, 1.807) is 24.3 Å². The molecule has 0 saturated heterocycles. The monoisotopic (exact) mass is 483 g/mol. The van der Waals surface area contributed by atoms with E-state index in [0.717, 1.165) is 5.56 Å². The van der Waals surface area contributed by atoms with Gasteiger partial charge in [-0.3, -0.25) is 9.59 Å². The fraction of sp³-hybridized carbons (Fsp3) is 0.0741. The molecule has 1 atom stereocenters. The summed E-state index contributed by atoms with van der Waals surface area (Å²) < 4.78 is 13.2. The van der Waals surface area contributed by atoms with Gasteiger partial charge in [-0.15, -0.1) is 0 Å². The highest BCUT2D eigenvalue weighted by molar-refractivity contribution is 6.08. The smallest absolute Gasteiger partial charge is 0.261 e. The fourth-order valence-electron chi connectivity index (χ4n) is 3.91. The second-order valence-corrected chi connectivity index (χ2v) is 8.15. The Kier molecular flexibility index (Phi) is 6.29. The van der Waals surface area contributed by atoms with E-state index in [2.05, 4.69) is 25.6 Å². The van der Waals surface area contributed by atoms with Crippen LogP contribution in [0.15, 0.2) is 89.9 Å². The molecule has 3 aromatic carbocycles. The van der Waals surface area contributed by atoms with Crippen LogP contribution in [0.2, 0.25) is 0 Å². The minimum Gasteiger partial charge on any atom is -0.387 e. The zero-order valence-corrected chi connectivity index (χ0v) is 19.0. The molecule has 2 heterocycles. The molecule has 5 N–H and O–H groups in total. The first-order chi connectivity index (χ1) is 17.5. The highest BCUT2D eigenvalue weighted by atomic mass is 19.1. The maximum absolute atomic E-state index is 13.2. The highest BCUT2D eigenvalue weighted by Crippen LogP contribution is 2.28. The summed E-state index contributed by atoms with van der Waals surface area (Å²) in [6.45, 7) is 0.180. The number of pyridine rings is 1. The fourth-order valence-corrected chi connectivity index (χ4v) is 3.91. The van der Waals surface area contributed by atoms with Crippen molar-refractivity contribution in [2.24, 2.45) is 0 Å². The normalized spacial score (nSPS) is 11.8. The number of aliphatic hydroxyl groups is 1. The van der Waals surface area contributed by atoms with Crippen LogP contribution in [0.4, 0.5) is 15.8 Å². The van der Waals surface area contributed by atoms with Crippen molar-refractivity contribution in [1.29, 1.82) is 0 Å². The molecule has 0 spiro atoms. The van der Waals surface area contributed by atoms with E-state index in [9.17, 15) is 19.1 Å². The molecule has 9 heteroatoms. The van der Waals surface area contributed by atoms with Crippen molar-refractivity contribution in [3.63, 3.8) is 0 Å². The first kappa shape index (κ1) is 23.0. The number of aromatic amines is 2. The zero-order valence-electron chi connectivity index (χ0n) is 19.0. The number of fused-ring (bicyclic) bond motifs is 1. The number of hydrogen-bond acceptors (Lipinski definition) is 5. The summed E-state index contributed by atoms with van der Waals surface area (Å²) in [5.41, 5.74) is 2.95. The number of nitrogens with one attached hydrogen (secondary N) is 4. The summed E-state index contributed by atoms with van der Waals surface area (Å²) in [5, 5.41) is 16.5. The van der Waals surface area contributed by atoms with Gasteiger partial charge < -0.3 is 25.7 Å². The summed E-state index contributed by atoms with van der Waals surface area (Å²) in [4.78, 5) is 35.8. The molecule has 1 unspecified atom stereocenters. The van der Waals surface area contributed by atoms with Crippen molar-refractivity contribution in [1.82, 2.24) is 15.0 Å². The molecule has 0 aliphatic rings. The molecule has 0 fully saturated rings. The molecule has 8 nitrogen and oxygen atoms in total. The lowest BCUT2D eigenvalue weighted by Crippen LogP contribution is -2.17. The average Bonchev–Trinajstić information content (AvgIpc) is 3.33. The van der Waals surface area contributed by atoms with Crippen LogP contribution in [0, 0.1) is 5.82 Å². The minimum atomic E-state index is -0.776. The molecule has 5 rings (SSSR count). The predicted molar refractivity (Wildman–Crippen MR) is 136 cm³/mol. The number of nitrogens with zero attached hydrogens (tertiary/aromatic N) is 1. The van der Waals surface area contributed by atoms with Crippen LogP contribution in [-0.4, -0.2) is 32.5 Å². The first-order valence-electron chi connectivity index (χ1n) is 11.2. The third kappa shape index (κ3) is 4.73. The number of carbonyl (C=O) groups excluding carboxylic acids is 1. The van der Waals surface area contributed by atoms with E-state index in [1.807, 2.05) is 30.3 Å². The van der Waals surface area contributed by atoms with E-state index in [1.165, 1.54) is 30.5 Å². The summed E-state index contributed by atoms with van der Waals surface area (Å²) in [7, 11) is 0. The Hall–Kier alpha value is -4.76. The first-order valence-corrected chi connectivity index (χ1v) is 11.2. The molecule has 0 aliphatic carbocycles. The molecule has 0 bridgehead atoms. The van der Waals surface area contributed by atoms with Crippen molar-refractivity contribution in [2.45, 2.75) is 6.10 Å². The van der Waals surface area contributed by atoms with Gasteiger partial charge in [0.15, 0.2) is 0 Å². The standard InChI is InChI=1S/C27H22FN5O3/c28-18-11-9-17(10-12-18)26(35)32-21-8-4-7-20-24(21)33-25(31-20)23-19(13-14-29-27(23)36)30-15-22(34)16-5-2-1-3-6-16/h1-14,22,34H,15H2,(H,31,33)(H,32,35)(H2,29,30,36). The molecule has 0 radical (unpaired) electrons. The van der Waals surface area contributed by atoms with Crippen LogP contribution in [-0.2, 0) is 0 Å². The van der Waals surface area contributed by atoms with Gasteiger partial charge in [-0.05, 0) is 48.0 Å². The van der Waals surface area contributed by atoms with Crippen LogP contribution in [0.3, 0.4) is 0 Å². The molecular formula is C27H22FN5O3. The second kappa shape index (κ2) is 9.85. The Balaban J connectivity index is 1.44. The number of benzene rings is 3. The number of halogens is 1. The van der Waals surface area contributed by atoms with Crippen molar-refractivity contribution < 1.29 is 14.3 Å². The van der Waals surface area contributed by atoms with Crippen LogP contribution in [0.5, 0.6) is 0 Å². The van der Waals surface area contributed by atoms with Gasteiger partial charge >= 0.3 is 0 Å². The number of aliphatic hydroxyl groups excluding tert-OH is 1. The summed E-state index contributed by atoms with van der Waals surface area (Å²) in [6, 6.07) is 21.3. The summed E-state index contributed by atoms with van der Waals surface area (Å²) >= 11 is 0. The van der Waals surface area contributed by atoms with Gasteiger partial charge in [0.2, 0.25) is 0 Å². The van der Waals surface area contributed by atoms with E-state index < -0.39 is 17.8 Å². The number of amides is 1. The predicted octanol–water partition coefficient (Wildman–Crippen LogP) is 4.46. The number of hydrogen-bond donors (Lipinski definition) is 5. The molecule has 180 valence electrons. The number of aromatic nitrogens is 3. The van der Waals surface area contributed by atoms with Gasteiger partial charge in [0, 0.05) is 18.3 Å². The van der Waals surface area contributed by atoms with Gasteiger partial charge in [0.05, 0.1) is 23.0 Å². The molecule has 36 heavy (non-hydrogen) atoms. The number of H-pyrrole nitrogens is 2. The van der Waals surface area contributed by atoms with Crippen molar-refractivity contribution in [3.8, 4) is 11.4 Å². The number of imidazole rings is 1. The Morgan fingerprint density at radius 2 is 1.75 bits per heavy atom. The van der Waals surface area contributed by atoms with Crippen molar-refractivity contribution >= 4 is 28.3 Å². The van der Waals surface area contributed by atoms with E-state index in [-0.39, 0.29) is 17.7 Å². The van der Waals surface area contributed by atoms with E-state index in [0.29, 0.717) is 33.8 Å². The summed E-state index contributed by atoms with van der Waals surface area (Å²) in [5.74, 6) is -0.548. The Bertz CT molecular complexity index is 1580. The Labute approximate surface area is 204 Å². The Morgan fingerprint density at radius 3 is 2.53 bits per heavy atom. The lowest BCUT2D eigenvalue weighted by atomic mass is 10.1. The maximum atomic E-state index is 13.2. The molecule has 0 aliphatic heterocycles. The molecule has 2 aromatic heterocycles. The lowest BCUT2D eigenvalue weighted by molar-refractivity contribution is 0.102. The molecule has 5 aromatic rings. The van der Waals surface area contributed by atoms with Gasteiger partial charge in [-0.1, -0.05) is 36.4 Å². The Morgan fingerprint density at radius 1 is 0.972 bits per heavy atom. The second-order valence-electron chi connectivity index (χ2n) is 8.15. The quantitative estimate of drug-likeness (QED) is 0.234. The van der Waals surface area contributed by atoms with E-state index in [4.69, 9.17) is 0 Å². The third-order valence-corrected chi connectivity index (χ3v) is 5.74. The highest BCUT2D eigenvalue weighted by Gasteiger charge is 2.18. The maximum Gasteiger partial charge on any atom is 0.261 e. The number of rotatable bonds is 7. The SMILES string of the molecule is O=C(Nc1cccc2[nH]c(-c3c(NCC(O)c4ccccc4)cc[nH]c3=O)nc12)c1ccc(F)cc1. The van der Waals surface area contributed by atoms with Crippen LogP contribution >= 0.6 is 0 Å². The van der Waals surface area contributed by atoms with Crippen molar-refractivity contribution in [3.05, 3.63) is 112 Å². The molecule has 0 saturated carbocycles. The molecular weight excluding hydrogens is 461 g/mol. The van der Waals surface area contributed by atoms with Crippen molar-refractivity contribution in [2.75, 3.05) is 17.2 Å². The van der Waals surface area contributed by atoms with Gasteiger partial charge in [-0.25, -0.2) is 9.37 Å². The summed E-state index contributed by atoms with van der Waals surface area (Å²) in [6.07, 6.45) is 0.738. The topological polar surface area (TPSA) is 123 Å². The van der Waals surface area contributed by atoms with Crippen LogP contribution in [0.25, 0.3) is 22.4 Å². The van der Waals surface area contributed by atoms with Crippen LogP contribution in [0.1, 0.15) is 22.0 Å². The van der Waals surface area contributed by atoms with Crippen LogP contribution < -0.4 is 16.2 Å².